The van der Waals surface area contributed by atoms with Gasteiger partial charge in [0.25, 0.3) is 5.91 Å². The highest BCUT2D eigenvalue weighted by Gasteiger charge is 2.27. The lowest BCUT2D eigenvalue weighted by molar-refractivity contribution is 0.0898. The maximum absolute atomic E-state index is 12.6. The molecule has 2 aromatic rings. The number of rotatable bonds is 9. The third-order valence-corrected chi connectivity index (χ3v) is 5.59. The molecule has 2 aliphatic rings. The number of benzene rings is 1. The molecule has 7 heteroatoms. The van der Waals surface area contributed by atoms with Crippen LogP contribution in [0.2, 0.25) is 0 Å². The fraction of sp³-hybridized carbons (Fsp3) is 0.545. The molecular formula is C22H30N4O3. The number of aryl methyl sites for hydroxylation is 1. The molecule has 29 heavy (non-hydrogen) atoms. The summed E-state index contributed by atoms with van der Waals surface area (Å²) in [6.45, 7) is 4.04. The lowest BCUT2D eigenvalue weighted by Crippen LogP contribution is -2.39. The van der Waals surface area contributed by atoms with Gasteiger partial charge in [-0.3, -0.25) is 9.48 Å². The molecule has 1 aromatic heterocycles. The normalized spacial score (nSPS) is 17.8. The number of amides is 1. The summed E-state index contributed by atoms with van der Waals surface area (Å²) in [5.74, 6) is 1.28. The van der Waals surface area contributed by atoms with E-state index in [1.54, 1.807) is 13.2 Å². The number of piperidine rings is 1. The molecule has 1 N–H and O–H groups in total. The SMILES string of the molecule is COc1ccc(C(=O)NC2CC2)c(OC2CCN(CCCn3cccn3)CC2)c1. The van der Waals surface area contributed by atoms with E-state index in [1.165, 1.54) is 0 Å². The fourth-order valence-corrected chi connectivity index (χ4v) is 3.72. The highest BCUT2D eigenvalue weighted by Crippen LogP contribution is 2.29. The van der Waals surface area contributed by atoms with E-state index in [-0.39, 0.29) is 12.0 Å². The third kappa shape index (κ3) is 5.50. The van der Waals surface area contributed by atoms with Crippen LogP contribution in [0.5, 0.6) is 11.5 Å². The first-order valence-electron chi connectivity index (χ1n) is 10.6. The van der Waals surface area contributed by atoms with Crippen LogP contribution in [0.1, 0.15) is 42.5 Å². The number of carbonyl (C=O) groups is 1. The summed E-state index contributed by atoms with van der Waals surface area (Å²) in [5.41, 5.74) is 0.597. The number of hydrogen-bond acceptors (Lipinski definition) is 5. The summed E-state index contributed by atoms with van der Waals surface area (Å²) in [4.78, 5) is 15.1. The average molecular weight is 399 g/mol. The number of nitrogens with zero attached hydrogens (tertiary/aromatic N) is 3. The first kappa shape index (κ1) is 19.8. The highest BCUT2D eigenvalue weighted by molar-refractivity contribution is 5.97. The van der Waals surface area contributed by atoms with Crippen LogP contribution in [0.3, 0.4) is 0 Å². The van der Waals surface area contributed by atoms with Gasteiger partial charge in [0.05, 0.1) is 12.7 Å². The molecule has 1 aromatic carbocycles. The van der Waals surface area contributed by atoms with Crippen LogP contribution in [0.25, 0.3) is 0 Å². The van der Waals surface area contributed by atoms with Crippen LogP contribution in [0, 0.1) is 0 Å². The maximum atomic E-state index is 12.6. The predicted octanol–water partition coefficient (Wildman–Crippen LogP) is 2.72. The molecule has 0 atom stereocenters. The molecule has 1 saturated heterocycles. The number of likely N-dealkylation sites (tertiary alicyclic amines) is 1. The van der Waals surface area contributed by atoms with Gasteiger partial charge < -0.3 is 19.7 Å². The van der Waals surface area contributed by atoms with Gasteiger partial charge in [-0.05, 0) is 56.8 Å². The van der Waals surface area contributed by atoms with E-state index < -0.39 is 0 Å². The molecule has 1 amide bonds. The Hall–Kier alpha value is -2.54. The second-order valence-electron chi connectivity index (χ2n) is 7.89. The lowest BCUT2D eigenvalue weighted by atomic mass is 10.1. The van der Waals surface area contributed by atoms with Gasteiger partial charge in [-0.25, -0.2) is 0 Å². The quantitative estimate of drug-likeness (QED) is 0.703. The van der Waals surface area contributed by atoms with Crippen molar-refractivity contribution in [3.8, 4) is 11.5 Å². The Morgan fingerprint density at radius 3 is 2.72 bits per heavy atom. The Morgan fingerprint density at radius 1 is 1.21 bits per heavy atom. The fourth-order valence-electron chi connectivity index (χ4n) is 3.72. The van der Waals surface area contributed by atoms with Crippen LogP contribution in [0.4, 0.5) is 0 Å². The van der Waals surface area contributed by atoms with E-state index >= 15 is 0 Å². The average Bonchev–Trinajstić information content (AvgIpc) is 3.40. The van der Waals surface area contributed by atoms with E-state index in [0.717, 1.165) is 58.3 Å². The number of ether oxygens (including phenoxy) is 2. The van der Waals surface area contributed by atoms with Gasteiger partial charge in [0, 0.05) is 44.1 Å². The molecule has 2 fully saturated rings. The minimum Gasteiger partial charge on any atom is -0.497 e. The Kier molecular flexibility index (Phi) is 6.34. The zero-order chi connectivity index (χ0) is 20.1. The number of hydrogen-bond donors (Lipinski definition) is 1. The van der Waals surface area contributed by atoms with Crippen molar-refractivity contribution in [2.75, 3.05) is 26.7 Å². The summed E-state index contributed by atoms with van der Waals surface area (Å²) in [5, 5.41) is 7.30. The summed E-state index contributed by atoms with van der Waals surface area (Å²) >= 11 is 0. The van der Waals surface area contributed by atoms with Crippen molar-refractivity contribution in [2.24, 2.45) is 0 Å². The monoisotopic (exact) mass is 398 g/mol. The molecule has 0 radical (unpaired) electrons. The van der Waals surface area contributed by atoms with Crippen molar-refractivity contribution in [2.45, 2.75) is 50.8 Å². The van der Waals surface area contributed by atoms with Gasteiger partial charge in [-0.15, -0.1) is 0 Å². The van der Waals surface area contributed by atoms with E-state index in [0.29, 0.717) is 23.1 Å². The Bertz CT molecular complexity index is 796. The molecule has 1 aliphatic heterocycles. The number of aromatic nitrogens is 2. The molecule has 7 nitrogen and oxygen atoms in total. The van der Waals surface area contributed by atoms with Crippen LogP contribution < -0.4 is 14.8 Å². The van der Waals surface area contributed by atoms with Crippen molar-refractivity contribution in [3.63, 3.8) is 0 Å². The zero-order valence-corrected chi connectivity index (χ0v) is 17.0. The van der Waals surface area contributed by atoms with Crippen molar-refractivity contribution in [1.82, 2.24) is 20.0 Å². The molecule has 2 heterocycles. The second kappa shape index (κ2) is 9.31. The second-order valence-corrected chi connectivity index (χ2v) is 7.89. The van der Waals surface area contributed by atoms with Gasteiger partial charge in [-0.1, -0.05) is 0 Å². The Morgan fingerprint density at radius 2 is 2.03 bits per heavy atom. The van der Waals surface area contributed by atoms with Crippen LogP contribution in [-0.2, 0) is 6.54 Å². The molecule has 156 valence electrons. The van der Waals surface area contributed by atoms with Crippen LogP contribution in [-0.4, -0.2) is 59.5 Å². The summed E-state index contributed by atoms with van der Waals surface area (Å²) in [6.07, 6.45) is 9.09. The van der Waals surface area contributed by atoms with E-state index in [1.807, 2.05) is 35.3 Å². The summed E-state index contributed by atoms with van der Waals surface area (Å²) in [7, 11) is 1.63. The summed E-state index contributed by atoms with van der Waals surface area (Å²) < 4.78 is 13.6. The third-order valence-electron chi connectivity index (χ3n) is 5.59. The topological polar surface area (TPSA) is 68.6 Å². The van der Waals surface area contributed by atoms with E-state index in [2.05, 4.69) is 15.3 Å². The molecule has 0 spiro atoms. The Balaban J connectivity index is 1.29. The Labute approximate surface area is 172 Å². The molecule has 0 bridgehead atoms. The van der Waals surface area contributed by atoms with Crippen molar-refractivity contribution >= 4 is 5.91 Å². The number of methoxy groups -OCH3 is 1. The van der Waals surface area contributed by atoms with Gasteiger partial charge in [-0.2, -0.15) is 5.10 Å². The molecule has 1 aliphatic carbocycles. The van der Waals surface area contributed by atoms with Crippen molar-refractivity contribution in [1.29, 1.82) is 0 Å². The molecular weight excluding hydrogens is 368 g/mol. The summed E-state index contributed by atoms with van der Waals surface area (Å²) in [6, 6.07) is 7.73. The van der Waals surface area contributed by atoms with E-state index in [4.69, 9.17) is 9.47 Å². The predicted molar refractivity (Wildman–Crippen MR) is 110 cm³/mol. The van der Waals surface area contributed by atoms with Gasteiger partial charge in [0.1, 0.15) is 17.6 Å². The zero-order valence-electron chi connectivity index (χ0n) is 17.0. The molecule has 0 unspecified atom stereocenters. The lowest BCUT2D eigenvalue weighted by Gasteiger charge is -2.32. The van der Waals surface area contributed by atoms with Gasteiger partial charge >= 0.3 is 0 Å². The maximum Gasteiger partial charge on any atom is 0.255 e. The van der Waals surface area contributed by atoms with Crippen molar-refractivity contribution < 1.29 is 14.3 Å². The minimum absolute atomic E-state index is 0.0544. The van der Waals surface area contributed by atoms with Gasteiger partial charge in [0.2, 0.25) is 0 Å². The number of carbonyl (C=O) groups excluding carboxylic acids is 1. The number of nitrogens with one attached hydrogen (secondary N) is 1. The highest BCUT2D eigenvalue weighted by atomic mass is 16.5. The standard InChI is InChI=1S/C22H30N4O3/c1-28-19-6-7-20(22(27)24-17-4-5-17)21(16-19)29-18-8-14-25(15-9-18)11-3-13-26-12-2-10-23-26/h2,6-7,10,12,16-18H,3-5,8-9,11,13-15H2,1H3,(H,24,27). The first-order valence-corrected chi connectivity index (χ1v) is 10.6. The van der Waals surface area contributed by atoms with E-state index in [9.17, 15) is 4.79 Å². The first-order chi connectivity index (χ1) is 14.2. The molecule has 1 saturated carbocycles. The van der Waals surface area contributed by atoms with Crippen molar-refractivity contribution in [3.05, 3.63) is 42.2 Å². The van der Waals surface area contributed by atoms with Crippen LogP contribution >= 0.6 is 0 Å². The largest absolute Gasteiger partial charge is 0.497 e. The van der Waals surface area contributed by atoms with Gasteiger partial charge in [0.15, 0.2) is 0 Å². The van der Waals surface area contributed by atoms with Crippen LogP contribution in [0.15, 0.2) is 36.7 Å². The smallest absolute Gasteiger partial charge is 0.255 e. The minimum atomic E-state index is -0.0544. The molecule has 4 rings (SSSR count).